The molecule has 2 amide bonds. The van der Waals surface area contributed by atoms with Gasteiger partial charge in [-0.25, -0.2) is 0 Å². The number of hydrogen-bond acceptors (Lipinski definition) is 3. The summed E-state index contributed by atoms with van der Waals surface area (Å²) in [6, 6.07) is 5.95. The highest BCUT2D eigenvalue weighted by atomic mass is 16.3. The van der Waals surface area contributed by atoms with Crippen LogP contribution < -0.4 is 10.6 Å². The minimum atomic E-state index is -0.639. The van der Waals surface area contributed by atoms with Gasteiger partial charge in [0.1, 0.15) is 0 Å². The molecule has 0 unspecified atom stereocenters. The third kappa shape index (κ3) is 6.32. The third-order valence-corrected chi connectivity index (χ3v) is 4.16. The molecule has 0 fully saturated rings. The van der Waals surface area contributed by atoms with Crippen LogP contribution in [0.4, 0.5) is 5.69 Å². The Balaban J connectivity index is 2.54. The van der Waals surface area contributed by atoms with E-state index in [4.69, 9.17) is 0 Å². The number of amides is 2. The molecule has 134 valence electrons. The number of benzene rings is 1. The van der Waals surface area contributed by atoms with E-state index >= 15 is 0 Å². The van der Waals surface area contributed by atoms with Crippen molar-refractivity contribution in [2.45, 2.75) is 53.4 Å². The highest BCUT2D eigenvalue weighted by Gasteiger charge is 2.17. The lowest BCUT2D eigenvalue weighted by molar-refractivity contribution is -0.136. The van der Waals surface area contributed by atoms with E-state index in [1.807, 2.05) is 45.9 Å². The van der Waals surface area contributed by atoms with E-state index in [2.05, 4.69) is 10.6 Å². The summed E-state index contributed by atoms with van der Waals surface area (Å²) in [6.07, 6.45) is 3.17. The number of carbonyl (C=O) groups is 2. The van der Waals surface area contributed by atoms with E-state index < -0.39 is 11.8 Å². The van der Waals surface area contributed by atoms with Crippen LogP contribution in [0, 0.1) is 5.41 Å². The molecule has 0 bridgehead atoms. The molecule has 0 aliphatic carbocycles. The largest absolute Gasteiger partial charge is 0.396 e. The average molecular weight is 334 g/mol. The quantitative estimate of drug-likeness (QED) is 0.505. The van der Waals surface area contributed by atoms with Crippen molar-refractivity contribution < 1.29 is 14.7 Å². The first-order valence-corrected chi connectivity index (χ1v) is 8.64. The summed E-state index contributed by atoms with van der Waals surface area (Å²) in [5, 5.41) is 14.5. The van der Waals surface area contributed by atoms with Crippen molar-refractivity contribution in [3.63, 3.8) is 0 Å². The van der Waals surface area contributed by atoms with Gasteiger partial charge in [0.05, 0.1) is 0 Å². The Labute approximate surface area is 144 Å². The third-order valence-electron chi connectivity index (χ3n) is 4.16. The van der Waals surface area contributed by atoms with E-state index in [9.17, 15) is 14.7 Å². The number of nitrogens with one attached hydrogen (secondary N) is 2. The number of aliphatic hydroxyl groups excluding tert-OH is 1. The van der Waals surface area contributed by atoms with Gasteiger partial charge in [0, 0.05) is 18.8 Å². The molecule has 5 heteroatoms. The molecule has 1 aromatic carbocycles. The zero-order valence-electron chi connectivity index (χ0n) is 15.2. The number of rotatable bonds is 8. The first-order chi connectivity index (χ1) is 11.3. The van der Waals surface area contributed by atoms with Gasteiger partial charge in [-0.15, -0.1) is 0 Å². The minimum absolute atomic E-state index is 0.106. The van der Waals surface area contributed by atoms with Gasteiger partial charge >= 0.3 is 11.8 Å². The second-order valence-corrected chi connectivity index (χ2v) is 6.83. The molecule has 24 heavy (non-hydrogen) atoms. The van der Waals surface area contributed by atoms with Gasteiger partial charge in [0.25, 0.3) is 0 Å². The van der Waals surface area contributed by atoms with Crippen molar-refractivity contribution in [1.29, 1.82) is 0 Å². The molecule has 0 spiro atoms. The van der Waals surface area contributed by atoms with E-state index in [1.54, 1.807) is 0 Å². The second kappa shape index (κ2) is 9.42. The van der Waals surface area contributed by atoms with Crippen molar-refractivity contribution in [3.8, 4) is 0 Å². The highest BCUT2D eigenvalue weighted by Crippen LogP contribution is 2.20. The highest BCUT2D eigenvalue weighted by molar-refractivity contribution is 6.39. The van der Waals surface area contributed by atoms with Crippen molar-refractivity contribution >= 4 is 17.5 Å². The van der Waals surface area contributed by atoms with Crippen molar-refractivity contribution in [3.05, 3.63) is 29.3 Å². The lowest BCUT2D eigenvalue weighted by atomic mass is 9.89. The lowest BCUT2D eigenvalue weighted by Crippen LogP contribution is -2.36. The SMILES string of the molecule is CCc1ccc(CC)c(NC(=O)C(=O)NCCCC(C)(C)CO)c1. The standard InChI is InChI=1S/C19H30N2O3/c1-5-14-8-9-15(6-2)16(12-14)21-18(24)17(23)20-11-7-10-19(3,4)13-22/h8-9,12,22H,5-7,10-11,13H2,1-4H3,(H,20,23)(H,21,24). The number of aliphatic hydroxyl groups is 1. The fourth-order valence-corrected chi connectivity index (χ4v) is 2.38. The summed E-state index contributed by atoms with van der Waals surface area (Å²) in [6.45, 7) is 8.52. The monoisotopic (exact) mass is 334 g/mol. The Kier molecular flexibility index (Phi) is 7.92. The van der Waals surface area contributed by atoms with Crippen LogP contribution in [0.15, 0.2) is 18.2 Å². The molecule has 0 atom stereocenters. The second-order valence-electron chi connectivity index (χ2n) is 6.83. The molecular formula is C19H30N2O3. The molecule has 3 N–H and O–H groups in total. The number of hydrogen-bond donors (Lipinski definition) is 3. The molecule has 0 radical (unpaired) electrons. The van der Waals surface area contributed by atoms with Crippen molar-refractivity contribution in [2.75, 3.05) is 18.5 Å². The Hall–Kier alpha value is -1.88. The molecule has 0 saturated carbocycles. The van der Waals surface area contributed by atoms with Gasteiger partial charge in [-0.3, -0.25) is 9.59 Å². The number of aryl methyl sites for hydroxylation is 2. The normalized spacial score (nSPS) is 11.2. The minimum Gasteiger partial charge on any atom is -0.396 e. The van der Waals surface area contributed by atoms with E-state index in [-0.39, 0.29) is 12.0 Å². The summed E-state index contributed by atoms with van der Waals surface area (Å²) in [7, 11) is 0. The molecule has 1 aromatic rings. The van der Waals surface area contributed by atoms with Crippen LogP contribution in [0.25, 0.3) is 0 Å². The van der Waals surface area contributed by atoms with Crippen LogP contribution in [0.5, 0.6) is 0 Å². The fourth-order valence-electron chi connectivity index (χ4n) is 2.38. The molecule has 0 aliphatic rings. The van der Waals surface area contributed by atoms with Gasteiger partial charge in [0.2, 0.25) is 0 Å². The van der Waals surface area contributed by atoms with Crippen molar-refractivity contribution in [1.82, 2.24) is 5.32 Å². The van der Waals surface area contributed by atoms with Crippen LogP contribution in [-0.2, 0) is 22.4 Å². The first-order valence-electron chi connectivity index (χ1n) is 8.64. The maximum atomic E-state index is 12.1. The topological polar surface area (TPSA) is 78.4 Å². The summed E-state index contributed by atoms with van der Waals surface area (Å²) < 4.78 is 0. The lowest BCUT2D eigenvalue weighted by Gasteiger charge is -2.21. The van der Waals surface area contributed by atoms with Gasteiger partial charge < -0.3 is 15.7 Å². The molecule has 0 saturated heterocycles. The van der Waals surface area contributed by atoms with Crippen LogP contribution in [-0.4, -0.2) is 30.1 Å². The molecule has 5 nitrogen and oxygen atoms in total. The summed E-state index contributed by atoms with van der Waals surface area (Å²) in [5.41, 5.74) is 2.68. The van der Waals surface area contributed by atoms with Crippen LogP contribution in [0.3, 0.4) is 0 Å². The average Bonchev–Trinajstić information content (AvgIpc) is 2.58. The predicted molar refractivity (Wildman–Crippen MR) is 96.9 cm³/mol. The maximum absolute atomic E-state index is 12.1. The first kappa shape index (κ1) is 20.2. The van der Waals surface area contributed by atoms with E-state index in [0.29, 0.717) is 12.2 Å². The van der Waals surface area contributed by atoms with E-state index in [1.165, 1.54) is 0 Å². The Morgan fingerprint density at radius 2 is 1.83 bits per heavy atom. The van der Waals surface area contributed by atoms with Crippen molar-refractivity contribution in [2.24, 2.45) is 5.41 Å². The number of anilines is 1. The van der Waals surface area contributed by atoms with Gasteiger partial charge in [-0.2, -0.15) is 0 Å². The van der Waals surface area contributed by atoms with Crippen LogP contribution in [0.1, 0.15) is 51.7 Å². The molecule has 0 heterocycles. The molecule has 0 aliphatic heterocycles. The molecular weight excluding hydrogens is 304 g/mol. The summed E-state index contributed by atoms with van der Waals surface area (Å²) in [4.78, 5) is 24.0. The zero-order valence-corrected chi connectivity index (χ0v) is 15.2. The summed E-state index contributed by atoms with van der Waals surface area (Å²) >= 11 is 0. The van der Waals surface area contributed by atoms with E-state index in [0.717, 1.165) is 36.8 Å². The van der Waals surface area contributed by atoms with Gasteiger partial charge in [-0.1, -0.05) is 39.8 Å². The number of carbonyl (C=O) groups excluding carboxylic acids is 2. The summed E-state index contributed by atoms with van der Waals surface area (Å²) in [5.74, 6) is -1.26. The smallest absolute Gasteiger partial charge is 0.313 e. The Morgan fingerprint density at radius 1 is 1.12 bits per heavy atom. The zero-order chi connectivity index (χ0) is 18.2. The van der Waals surface area contributed by atoms with Gasteiger partial charge in [-0.05, 0) is 48.3 Å². The Bertz CT molecular complexity index is 568. The molecule has 1 rings (SSSR count). The van der Waals surface area contributed by atoms with Crippen LogP contribution >= 0.6 is 0 Å². The predicted octanol–water partition coefficient (Wildman–Crippen LogP) is 2.66. The van der Waals surface area contributed by atoms with Gasteiger partial charge in [0.15, 0.2) is 0 Å². The Morgan fingerprint density at radius 3 is 2.42 bits per heavy atom. The fraction of sp³-hybridized carbons (Fsp3) is 0.579. The maximum Gasteiger partial charge on any atom is 0.313 e. The van der Waals surface area contributed by atoms with Crippen LogP contribution in [0.2, 0.25) is 0 Å². The molecule has 0 aromatic heterocycles.